The zero-order valence-electron chi connectivity index (χ0n) is 9.28. The number of carbonyl (C=O) groups is 1. The van der Waals surface area contributed by atoms with E-state index in [4.69, 9.17) is 5.11 Å². The maximum Gasteiger partial charge on any atom is 0.309 e. The van der Waals surface area contributed by atoms with Crippen LogP contribution >= 0.6 is 11.8 Å². The lowest BCUT2D eigenvalue weighted by molar-refractivity contribution is -0.145. The van der Waals surface area contributed by atoms with Gasteiger partial charge in [0.15, 0.2) is 0 Å². The van der Waals surface area contributed by atoms with Crippen molar-refractivity contribution in [2.75, 3.05) is 5.75 Å². The number of aryl methyl sites for hydroxylation is 1. The molecule has 1 aromatic carbocycles. The highest BCUT2D eigenvalue weighted by molar-refractivity contribution is 7.99. The molecule has 0 fully saturated rings. The monoisotopic (exact) mass is 224 g/mol. The third kappa shape index (κ3) is 3.59. The largest absolute Gasteiger partial charge is 0.481 e. The van der Waals surface area contributed by atoms with Gasteiger partial charge in [0.2, 0.25) is 0 Å². The zero-order chi connectivity index (χ0) is 11.5. The molecule has 0 unspecified atom stereocenters. The van der Waals surface area contributed by atoms with Gasteiger partial charge in [0.05, 0.1) is 5.41 Å². The second-order valence-electron chi connectivity index (χ2n) is 4.29. The van der Waals surface area contributed by atoms with Gasteiger partial charge in [-0.15, -0.1) is 11.8 Å². The Hall–Kier alpha value is -0.960. The third-order valence-electron chi connectivity index (χ3n) is 2.17. The van der Waals surface area contributed by atoms with Gasteiger partial charge in [-0.2, -0.15) is 0 Å². The molecule has 1 aromatic rings. The molecule has 0 spiro atoms. The van der Waals surface area contributed by atoms with Crippen LogP contribution in [0, 0.1) is 12.3 Å². The number of aliphatic carboxylic acids is 1. The molecule has 2 nitrogen and oxygen atoms in total. The number of rotatable bonds is 4. The molecule has 0 radical (unpaired) electrons. The summed E-state index contributed by atoms with van der Waals surface area (Å²) in [6, 6.07) is 8.11. The minimum Gasteiger partial charge on any atom is -0.481 e. The third-order valence-corrected chi connectivity index (χ3v) is 3.62. The van der Waals surface area contributed by atoms with Crippen molar-refractivity contribution in [1.29, 1.82) is 0 Å². The predicted octanol–water partition coefficient (Wildman–Crippen LogP) is 3.20. The first-order valence-electron chi connectivity index (χ1n) is 4.85. The number of carboxylic acids is 1. The molecule has 0 aliphatic carbocycles. The van der Waals surface area contributed by atoms with Gasteiger partial charge in [-0.1, -0.05) is 17.7 Å². The maximum atomic E-state index is 10.9. The molecule has 15 heavy (non-hydrogen) atoms. The summed E-state index contributed by atoms with van der Waals surface area (Å²) in [5, 5.41) is 8.96. The van der Waals surface area contributed by atoms with Gasteiger partial charge in [-0.25, -0.2) is 0 Å². The van der Waals surface area contributed by atoms with E-state index in [1.165, 1.54) is 5.56 Å². The number of hydrogen-bond donors (Lipinski definition) is 1. The van der Waals surface area contributed by atoms with Crippen LogP contribution < -0.4 is 0 Å². The first-order valence-corrected chi connectivity index (χ1v) is 5.83. The molecule has 0 aliphatic heterocycles. The summed E-state index contributed by atoms with van der Waals surface area (Å²) in [6.07, 6.45) is 0. The average Bonchev–Trinajstić information content (AvgIpc) is 2.15. The fraction of sp³-hybridized carbons (Fsp3) is 0.417. The van der Waals surface area contributed by atoms with Crippen LogP contribution in [-0.2, 0) is 4.79 Å². The first-order chi connectivity index (χ1) is 6.92. The van der Waals surface area contributed by atoms with Crippen LogP contribution in [0.15, 0.2) is 29.2 Å². The van der Waals surface area contributed by atoms with Crippen LogP contribution in [0.25, 0.3) is 0 Å². The van der Waals surface area contributed by atoms with E-state index < -0.39 is 11.4 Å². The van der Waals surface area contributed by atoms with Crippen molar-refractivity contribution in [3.8, 4) is 0 Å². The fourth-order valence-electron chi connectivity index (χ4n) is 1.03. The Morgan fingerprint density at radius 3 is 2.67 bits per heavy atom. The molecule has 0 atom stereocenters. The van der Waals surface area contributed by atoms with Gasteiger partial charge in [0.1, 0.15) is 0 Å². The number of thioether (sulfide) groups is 1. The zero-order valence-corrected chi connectivity index (χ0v) is 10.1. The van der Waals surface area contributed by atoms with E-state index in [1.54, 1.807) is 25.6 Å². The lowest BCUT2D eigenvalue weighted by Crippen LogP contribution is -2.26. The van der Waals surface area contributed by atoms with Crippen LogP contribution in [0.3, 0.4) is 0 Å². The lowest BCUT2D eigenvalue weighted by Gasteiger charge is -2.18. The Bertz CT molecular complexity index is 358. The molecule has 0 amide bonds. The molecule has 3 heteroatoms. The minimum atomic E-state index is -0.748. The second kappa shape index (κ2) is 4.71. The van der Waals surface area contributed by atoms with E-state index >= 15 is 0 Å². The van der Waals surface area contributed by atoms with E-state index in [0.717, 1.165) is 4.90 Å². The smallest absolute Gasteiger partial charge is 0.309 e. The average molecular weight is 224 g/mol. The summed E-state index contributed by atoms with van der Waals surface area (Å²) in [5.41, 5.74) is 0.530. The van der Waals surface area contributed by atoms with Crippen LogP contribution in [0.2, 0.25) is 0 Å². The van der Waals surface area contributed by atoms with Gasteiger partial charge < -0.3 is 5.11 Å². The van der Waals surface area contributed by atoms with Crippen molar-refractivity contribution in [1.82, 2.24) is 0 Å². The molecule has 0 saturated carbocycles. The van der Waals surface area contributed by atoms with Crippen molar-refractivity contribution in [3.63, 3.8) is 0 Å². The second-order valence-corrected chi connectivity index (χ2v) is 5.34. The summed E-state index contributed by atoms with van der Waals surface area (Å²) in [4.78, 5) is 12.0. The van der Waals surface area contributed by atoms with E-state index in [2.05, 4.69) is 6.07 Å². The van der Waals surface area contributed by atoms with Crippen LogP contribution in [0.5, 0.6) is 0 Å². The number of benzene rings is 1. The Morgan fingerprint density at radius 1 is 1.47 bits per heavy atom. The molecular weight excluding hydrogens is 208 g/mol. The minimum absolute atomic E-state index is 0.589. The van der Waals surface area contributed by atoms with Crippen molar-refractivity contribution in [3.05, 3.63) is 29.8 Å². The molecule has 1 N–H and O–H groups in total. The molecular formula is C12H16O2S. The van der Waals surface area contributed by atoms with E-state index in [9.17, 15) is 4.79 Å². The highest BCUT2D eigenvalue weighted by atomic mass is 32.2. The lowest BCUT2D eigenvalue weighted by atomic mass is 9.97. The van der Waals surface area contributed by atoms with Crippen LogP contribution in [0.4, 0.5) is 0 Å². The molecule has 0 saturated heterocycles. The summed E-state index contributed by atoms with van der Waals surface area (Å²) >= 11 is 1.59. The molecule has 0 aromatic heterocycles. The highest BCUT2D eigenvalue weighted by Crippen LogP contribution is 2.28. The molecule has 82 valence electrons. The van der Waals surface area contributed by atoms with E-state index in [1.807, 2.05) is 25.1 Å². The fourth-order valence-corrected chi connectivity index (χ4v) is 2.13. The topological polar surface area (TPSA) is 37.3 Å². The van der Waals surface area contributed by atoms with E-state index in [-0.39, 0.29) is 0 Å². The van der Waals surface area contributed by atoms with Crippen LogP contribution in [0.1, 0.15) is 19.4 Å². The van der Waals surface area contributed by atoms with Crippen molar-refractivity contribution in [2.45, 2.75) is 25.7 Å². The Morgan fingerprint density at radius 2 is 2.13 bits per heavy atom. The Balaban J connectivity index is 2.61. The number of carboxylic acid groups (broad SMARTS) is 1. The Kier molecular flexibility index (Phi) is 3.80. The van der Waals surface area contributed by atoms with Crippen molar-refractivity contribution < 1.29 is 9.90 Å². The summed E-state index contributed by atoms with van der Waals surface area (Å²) < 4.78 is 0. The maximum absolute atomic E-state index is 10.9. The van der Waals surface area contributed by atoms with Gasteiger partial charge in [-0.05, 0) is 32.9 Å². The molecule has 0 bridgehead atoms. The standard InChI is InChI=1S/C12H16O2S/c1-9-5-4-6-10(7-9)15-8-12(2,3)11(13)14/h4-7H,8H2,1-3H3,(H,13,14). The summed E-state index contributed by atoms with van der Waals surface area (Å²) in [5.74, 6) is -0.158. The summed E-state index contributed by atoms with van der Waals surface area (Å²) in [7, 11) is 0. The molecule has 0 aliphatic rings. The van der Waals surface area contributed by atoms with Crippen LogP contribution in [-0.4, -0.2) is 16.8 Å². The molecule has 0 heterocycles. The van der Waals surface area contributed by atoms with Gasteiger partial charge >= 0.3 is 5.97 Å². The van der Waals surface area contributed by atoms with Gasteiger partial charge in [0, 0.05) is 10.6 Å². The molecule has 1 rings (SSSR count). The predicted molar refractivity (Wildman–Crippen MR) is 63.3 cm³/mol. The SMILES string of the molecule is Cc1cccc(SCC(C)(C)C(=O)O)c1. The van der Waals surface area contributed by atoms with Crippen molar-refractivity contribution in [2.24, 2.45) is 5.41 Å². The number of hydrogen-bond acceptors (Lipinski definition) is 2. The Labute approximate surface area is 94.7 Å². The quantitative estimate of drug-likeness (QED) is 0.798. The van der Waals surface area contributed by atoms with E-state index in [0.29, 0.717) is 5.75 Å². The van der Waals surface area contributed by atoms with Gasteiger partial charge in [0.25, 0.3) is 0 Å². The van der Waals surface area contributed by atoms with Gasteiger partial charge in [-0.3, -0.25) is 4.79 Å². The first kappa shape index (κ1) is 12.1. The normalized spacial score (nSPS) is 11.4. The van der Waals surface area contributed by atoms with Crippen molar-refractivity contribution >= 4 is 17.7 Å². The summed E-state index contributed by atoms with van der Waals surface area (Å²) in [6.45, 7) is 5.53. The highest BCUT2D eigenvalue weighted by Gasteiger charge is 2.26.